The van der Waals surface area contributed by atoms with Gasteiger partial charge in [-0.3, -0.25) is 0 Å². The van der Waals surface area contributed by atoms with Crippen LogP contribution in [0.1, 0.15) is 19.3 Å². The zero-order chi connectivity index (χ0) is 17.4. The van der Waals surface area contributed by atoms with Gasteiger partial charge >= 0.3 is 6.03 Å². The van der Waals surface area contributed by atoms with Crippen LogP contribution in [0, 0.1) is 5.82 Å². The molecule has 2 bridgehead atoms. The molecule has 3 saturated heterocycles. The van der Waals surface area contributed by atoms with Crippen molar-refractivity contribution in [3.8, 4) is 0 Å². The van der Waals surface area contributed by atoms with Crippen LogP contribution in [0.2, 0.25) is 0 Å². The van der Waals surface area contributed by atoms with Gasteiger partial charge in [-0.15, -0.1) is 0 Å². The standard InChI is InChI=1S/C18H25FN4O2/c1-22-6-8-23(9-7-22)16-4-2-12(19)10-14(16)20-18(24)21-15-11-13-3-5-17(15)25-13/h2,4,10,13,15,17H,3,5-9,11H2,1H3,(H2,20,21,24)/t13-,15-,17-/m1/s1. The highest BCUT2D eigenvalue weighted by Crippen LogP contribution is 2.34. The lowest BCUT2D eigenvalue weighted by atomic mass is 9.96. The molecular formula is C18H25FN4O2. The van der Waals surface area contributed by atoms with E-state index in [0.29, 0.717) is 5.69 Å². The van der Waals surface area contributed by atoms with Gasteiger partial charge in [-0.25, -0.2) is 9.18 Å². The largest absolute Gasteiger partial charge is 0.373 e. The van der Waals surface area contributed by atoms with E-state index in [2.05, 4.69) is 27.5 Å². The summed E-state index contributed by atoms with van der Waals surface area (Å²) in [4.78, 5) is 16.9. The Morgan fingerprint density at radius 3 is 2.72 bits per heavy atom. The zero-order valence-electron chi connectivity index (χ0n) is 14.5. The van der Waals surface area contributed by atoms with Crippen molar-refractivity contribution >= 4 is 17.4 Å². The fraction of sp³-hybridized carbons (Fsp3) is 0.611. The molecule has 136 valence electrons. The van der Waals surface area contributed by atoms with Crippen molar-refractivity contribution in [3.05, 3.63) is 24.0 Å². The van der Waals surface area contributed by atoms with Gasteiger partial charge in [-0.05, 0) is 44.5 Å². The van der Waals surface area contributed by atoms with Gasteiger partial charge in [-0.2, -0.15) is 0 Å². The predicted octanol–water partition coefficient (Wildman–Crippen LogP) is 2.02. The molecule has 0 aliphatic carbocycles. The van der Waals surface area contributed by atoms with Crippen molar-refractivity contribution in [3.63, 3.8) is 0 Å². The molecule has 3 aliphatic rings. The van der Waals surface area contributed by atoms with Crippen molar-refractivity contribution in [2.75, 3.05) is 43.4 Å². The molecule has 0 spiro atoms. The maximum absolute atomic E-state index is 13.7. The van der Waals surface area contributed by atoms with E-state index in [1.165, 1.54) is 12.1 Å². The van der Waals surface area contributed by atoms with E-state index in [1.807, 2.05) is 0 Å². The van der Waals surface area contributed by atoms with E-state index in [1.54, 1.807) is 6.07 Å². The summed E-state index contributed by atoms with van der Waals surface area (Å²) < 4.78 is 19.5. The molecule has 3 atom stereocenters. The number of hydrogen-bond donors (Lipinski definition) is 2. The van der Waals surface area contributed by atoms with Crippen LogP contribution in [0.5, 0.6) is 0 Å². The van der Waals surface area contributed by atoms with Gasteiger partial charge in [0.15, 0.2) is 0 Å². The zero-order valence-corrected chi connectivity index (χ0v) is 14.5. The molecule has 7 heteroatoms. The van der Waals surface area contributed by atoms with Gasteiger partial charge < -0.3 is 25.2 Å². The number of nitrogens with zero attached hydrogens (tertiary/aromatic N) is 2. The number of amides is 2. The van der Waals surface area contributed by atoms with Crippen LogP contribution in [0.25, 0.3) is 0 Å². The van der Waals surface area contributed by atoms with Crippen molar-refractivity contribution < 1.29 is 13.9 Å². The summed E-state index contributed by atoms with van der Waals surface area (Å²) in [5.74, 6) is -0.351. The maximum atomic E-state index is 13.7. The molecule has 4 rings (SSSR count). The summed E-state index contributed by atoms with van der Waals surface area (Å²) >= 11 is 0. The number of halogens is 1. The Kier molecular flexibility index (Phi) is 4.52. The topological polar surface area (TPSA) is 56.8 Å². The van der Waals surface area contributed by atoms with Gasteiger partial charge in [0, 0.05) is 26.2 Å². The number of piperazine rings is 1. The molecule has 1 aromatic rings. The summed E-state index contributed by atoms with van der Waals surface area (Å²) in [6, 6.07) is 4.35. The van der Waals surface area contributed by atoms with E-state index in [9.17, 15) is 9.18 Å². The lowest BCUT2D eigenvalue weighted by Crippen LogP contribution is -2.45. The molecule has 1 aromatic carbocycles. The highest BCUT2D eigenvalue weighted by atomic mass is 19.1. The minimum Gasteiger partial charge on any atom is -0.373 e. The van der Waals surface area contributed by atoms with Crippen molar-refractivity contribution in [1.29, 1.82) is 0 Å². The van der Waals surface area contributed by atoms with Crippen LogP contribution in [-0.2, 0) is 4.74 Å². The average molecular weight is 348 g/mol. The minimum absolute atomic E-state index is 0.0550. The number of hydrogen-bond acceptors (Lipinski definition) is 4. The van der Waals surface area contributed by atoms with Gasteiger partial charge in [0.25, 0.3) is 0 Å². The monoisotopic (exact) mass is 348 g/mol. The number of fused-ring (bicyclic) bond motifs is 2. The van der Waals surface area contributed by atoms with Crippen LogP contribution in [0.4, 0.5) is 20.6 Å². The molecule has 0 unspecified atom stereocenters. The normalized spacial score (nSPS) is 29.0. The Labute approximate surface area is 147 Å². The van der Waals surface area contributed by atoms with E-state index in [4.69, 9.17) is 4.74 Å². The number of urea groups is 1. The third kappa shape index (κ3) is 3.57. The molecule has 6 nitrogen and oxygen atoms in total. The number of rotatable bonds is 3. The molecule has 0 saturated carbocycles. The Hall–Kier alpha value is -1.86. The molecule has 0 aromatic heterocycles. The minimum atomic E-state index is -0.351. The molecular weight excluding hydrogens is 323 g/mol. The first kappa shape index (κ1) is 16.6. The second-order valence-electron chi connectivity index (χ2n) is 7.27. The molecule has 0 radical (unpaired) electrons. The number of carbonyl (C=O) groups is 1. The van der Waals surface area contributed by atoms with Crippen LogP contribution < -0.4 is 15.5 Å². The number of benzene rings is 1. The molecule has 2 amide bonds. The highest BCUT2D eigenvalue weighted by molar-refractivity contribution is 5.93. The van der Waals surface area contributed by atoms with E-state index < -0.39 is 0 Å². The fourth-order valence-electron chi connectivity index (χ4n) is 4.05. The molecule has 3 fully saturated rings. The first-order valence-electron chi connectivity index (χ1n) is 9.04. The number of anilines is 2. The van der Waals surface area contributed by atoms with Crippen LogP contribution in [-0.4, -0.2) is 62.4 Å². The first-order valence-corrected chi connectivity index (χ1v) is 9.04. The SMILES string of the molecule is CN1CCN(c2ccc(F)cc2NC(=O)N[C@@H]2C[C@H]3CC[C@H]2O3)CC1. The van der Waals surface area contributed by atoms with E-state index in [-0.39, 0.29) is 30.1 Å². The molecule has 25 heavy (non-hydrogen) atoms. The van der Waals surface area contributed by atoms with Crippen LogP contribution in [0.3, 0.4) is 0 Å². The number of carbonyl (C=O) groups excluding carboxylic acids is 1. The molecule has 3 aliphatic heterocycles. The van der Waals surface area contributed by atoms with Gasteiger partial charge in [0.1, 0.15) is 5.82 Å². The van der Waals surface area contributed by atoms with E-state index >= 15 is 0 Å². The maximum Gasteiger partial charge on any atom is 0.319 e. The quantitative estimate of drug-likeness (QED) is 0.878. The van der Waals surface area contributed by atoms with Crippen molar-refractivity contribution in [2.45, 2.75) is 37.5 Å². The van der Waals surface area contributed by atoms with Crippen molar-refractivity contribution in [2.24, 2.45) is 0 Å². The van der Waals surface area contributed by atoms with Crippen LogP contribution >= 0.6 is 0 Å². The lowest BCUT2D eigenvalue weighted by Gasteiger charge is -2.35. The Balaban J connectivity index is 1.44. The smallest absolute Gasteiger partial charge is 0.319 e. The van der Waals surface area contributed by atoms with Gasteiger partial charge in [-0.1, -0.05) is 0 Å². The van der Waals surface area contributed by atoms with Gasteiger partial charge in [0.2, 0.25) is 0 Å². The third-order valence-electron chi connectivity index (χ3n) is 5.47. The van der Waals surface area contributed by atoms with Gasteiger partial charge in [0.05, 0.1) is 29.6 Å². The number of ether oxygens (including phenoxy) is 1. The summed E-state index contributed by atoms with van der Waals surface area (Å²) in [5, 5.41) is 5.84. The second-order valence-corrected chi connectivity index (χ2v) is 7.27. The highest BCUT2D eigenvalue weighted by Gasteiger charge is 2.41. The summed E-state index contributed by atoms with van der Waals surface area (Å²) in [7, 11) is 2.09. The fourth-order valence-corrected chi connectivity index (χ4v) is 4.05. The average Bonchev–Trinajstić information content (AvgIpc) is 3.19. The predicted molar refractivity (Wildman–Crippen MR) is 94.6 cm³/mol. The Morgan fingerprint density at radius 1 is 1.24 bits per heavy atom. The lowest BCUT2D eigenvalue weighted by molar-refractivity contribution is 0.0984. The number of nitrogens with one attached hydrogen (secondary N) is 2. The third-order valence-corrected chi connectivity index (χ3v) is 5.47. The summed E-state index contributed by atoms with van der Waals surface area (Å²) in [5.41, 5.74) is 1.39. The molecule has 3 heterocycles. The Morgan fingerprint density at radius 2 is 2.04 bits per heavy atom. The first-order chi connectivity index (χ1) is 12.1. The number of likely N-dealkylation sites (N-methyl/N-ethyl adjacent to an activating group) is 1. The second kappa shape index (κ2) is 6.80. The summed E-state index contributed by atoms with van der Waals surface area (Å²) in [6.07, 6.45) is 3.36. The molecule has 2 N–H and O–H groups in total. The van der Waals surface area contributed by atoms with E-state index in [0.717, 1.165) is 51.1 Å². The van der Waals surface area contributed by atoms with Crippen molar-refractivity contribution in [1.82, 2.24) is 10.2 Å². The van der Waals surface area contributed by atoms with Crippen LogP contribution in [0.15, 0.2) is 18.2 Å². The summed E-state index contributed by atoms with van der Waals surface area (Å²) in [6.45, 7) is 3.62. The Bertz CT molecular complexity index is 648.